The minimum absolute atomic E-state index is 0.00296. The first kappa shape index (κ1) is 19.6. The zero-order valence-electron chi connectivity index (χ0n) is 14.7. The van der Waals surface area contributed by atoms with E-state index in [2.05, 4.69) is 0 Å². The lowest BCUT2D eigenvalue weighted by atomic mass is 10.1. The van der Waals surface area contributed by atoms with E-state index in [1.807, 2.05) is 0 Å². The van der Waals surface area contributed by atoms with Gasteiger partial charge >= 0.3 is 5.97 Å². The first-order valence-electron chi connectivity index (χ1n) is 8.60. The van der Waals surface area contributed by atoms with Crippen molar-refractivity contribution in [2.45, 2.75) is 31.4 Å². The van der Waals surface area contributed by atoms with Gasteiger partial charge < -0.3 is 19.6 Å². The topological polar surface area (TPSA) is 87.1 Å². The van der Waals surface area contributed by atoms with Crippen molar-refractivity contribution in [1.29, 1.82) is 0 Å². The summed E-state index contributed by atoms with van der Waals surface area (Å²) in [5, 5.41) is 9.05. The molecule has 2 aliphatic heterocycles. The van der Waals surface area contributed by atoms with E-state index in [0.717, 1.165) is 6.07 Å². The van der Waals surface area contributed by atoms with Crippen LogP contribution in [0, 0.1) is 11.7 Å². The average Bonchev–Trinajstić information content (AvgIpc) is 3.20. The normalized spacial score (nSPS) is 25.3. The Morgan fingerprint density at radius 3 is 2.74 bits per heavy atom. The summed E-state index contributed by atoms with van der Waals surface area (Å²) in [7, 11) is 1.52. The minimum atomic E-state index is -0.990. The molecule has 0 spiro atoms. The fourth-order valence-electron chi connectivity index (χ4n) is 3.72. The number of anilines is 1. The summed E-state index contributed by atoms with van der Waals surface area (Å²) in [6.45, 7) is 0.417. The van der Waals surface area contributed by atoms with Crippen LogP contribution in [0.3, 0.4) is 0 Å². The predicted octanol–water partition coefficient (Wildman–Crippen LogP) is 1.92. The number of halogens is 2. The van der Waals surface area contributed by atoms with Crippen LogP contribution in [0.25, 0.3) is 0 Å². The lowest BCUT2D eigenvalue weighted by molar-refractivity contribution is -0.141. The van der Waals surface area contributed by atoms with Crippen molar-refractivity contribution in [3.63, 3.8) is 0 Å². The zero-order chi connectivity index (χ0) is 19.7. The molecule has 0 bridgehead atoms. The van der Waals surface area contributed by atoms with Crippen molar-refractivity contribution < 1.29 is 28.6 Å². The van der Waals surface area contributed by atoms with Crippen LogP contribution < -0.4 is 4.90 Å². The second kappa shape index (κ2) is 7.82. The summed E-state index contributed by atoms with van der Waals surface area (Å²) in [4.78, 5) is 39.3. The van der Waals surface area contributed by atoms with Gasteiger partial charge in [0, 0.05) is 38.3 Å². The Morgan fingerprint density at radius 1 is 1.37 bits per heavy atom. The molecule has 0 radical (unpaired) electrons. The highest BCUT2D eigenvalue weighted by atomic mass is 35.5. The smallest absolute Gasteiger partial charge is 0.305 e. The summed E-state index contributed by atoms with van der Waals surface area (Å²) in [6, 6.07) is 3.59. The first-order valence-corrected chi connectivity index (χ1v) is 8.98. The van der Waals surface area contributed by atoms with Crippen LogP contribution in [0.15, 0.2) is 18.2 Å². The Labute approximate surface area is 160 Å². The number of rotatable bonds is 5. The highest BCUT2D eigenvalue weighted by molar-refractivity contribution is 6.30. The molecule has 3 unspecified atom stereocenters. The van der Waals surface area contributed by atoms with E-state index in [1.54, 1.807) is 0 Å². The quantitative estimate of drug-likeness (QED) is 0.818. The van der Waals surface area contributed by atoms with Crippen LogP contribution in [-0.2, 0) is 19.1 Å². The highest BCUT2D eigenvalue weighted by Gasteiger charge is 2.43. The summed E-state index contributed by atoms with van der Waals surface area (Å²) < 4.78 is 19.0. The monoisotopic (exact) mass is 398 g/mol. The number of aliphatic carboxylic acids is 1. The van der Waals surface area contributed by atoms with Gasteiger partial charge in [-0.2, -0.15) is 0 Å². The first-order chi connectivity index (χ1) is 12.8. The maximum atomic E-state index is 13.7. The van der Waals surface area contributed by atoms with Crippen molar-refractivity contribution in [2.24, 2.45) is 5.92 Å². The summed E-state index contributed by atoms with van der Waals surface area (Å²) in [6.07, 6.45) is 0.0494. The van der Waals surface area contributed by atoms with E-state index >= 15 is 0 Å². The van der Waals surface area contributed by atoms with Gasteiger partial charge in [-0.3, -0.25) is 14.4 Å². The lowest BCUT2D eigenvalue weighted by Crippen LogP contribution is -2.42. The van der Waals surface area contributed by atoms with E-state index < -0.39 is 23.7 Å². The number of methoxy groups -OCH3 is 1. The molecule has 1 aromatic rings. The van der Waals surface area contributed by atoms with E-state index in [9.17, 15) is 18.8 Å². The van der Waals surface area contributed by atoms with Gasteiger partial charge in [0.05, 0.1) is 23.5 Å². The number of amides is 2. The number of hydrogen-bond acceptors (Lipinski definition) is 4. The molecule has 146 valence electrons. The molecule has 9 heteroatoms. The molecule has 2 fully saturated rings. The Morgan fingerprint density at radius 2 is 2.11 bits per heavy atom. The largest absolute Gasteiger partial charge is 0.481 e. The summed E-state index contributed by atoms with van der Waals surface area (Å²) in [5.74, 6) is -2.79. The number of likely N-dealkylation sites (tertiary alicyclic amines) is 1. The number of carboxylic acids is 1. The van der Waals surface area contributed by atoms with Crippen LogP contribution in [-0.4, -0.2) is 60.1 Å². The highest BCUT2D eigenvalue weighted by Crippen LogP contribution is 2.31. The van der Waals surface area contributed by atoms with Gasteiger partial charge in [0.1, 0.15) is 5.82 Å². The average molecular weight is 399 g/mol. The van der Waals surface area contributed by atoms with E-state index in [0.29, 0.717) is 18.7 Å². The Bertz CT molecular complexity index is 774. The predicted molar refractivity (Wildman–Crippen MR) is 95.0 cm³/mol. The van der Waals surface area contributed by atoms with Crippen LogP contribution in [0.1, 0.15) is 19.3 Å². The number of benzene rings is 1. The third-order valence-electron chi connectivity index (χ3n) is 5.09. The second-order valence-electron chi connectivity index (χ2n) is 6.84. The van der Waals surface area contributed by atoms with Crippen molar-refractivity contribution in [1.82, 2.24) is 4.90 Å². The van der Waals surface area contributed by atoms with E-state index in [1.165, 1.54) is 29.0 Å². The fraction of sp³-hybridized carbons (Fsp3) is 0.500. The molecule has 3 atom stereocenters. The molecule has 3 rings (SSSR count). The summed E-state index contributed by atoms with van der Waals surface area (Å²) >= 11 is 5.67. The molecule has 2 saturated heterocycles. The van der Waals surface area contributed by atoms with Crippen molar-refractivity contribution in [3.8, 4) is 0 Å². The molecule has 1 N–H and O–H groups in total. The molecule has 2 aliphatic rings. The molecule has 0 aromatic heterocycles. The number of carboxylic acid groups (broad SMARTS) is 1. The molecule has 0 aliphatic carbocycles. The number of nitrogens with zero attached hydrogens (tertiary/aromatic N) is 2. The Kier molecular flexibility index (Phi) is 5.67. The van der Waals surface area contributed by atoms with Gasteiger partial charge in [-0.1, -0.05) is 11.6 Å². The van der Waals surface area contributed by atoms with Crippen molar-refractivity contribution in [3.05, 3.63) is 29.0 Å². The molecular formula is C18H20ClFN2O5. The van der Waals surface area contributed by atoms with Crippen LogP contribution in [0.5, 0.6) is 0 Å². The standard InChI is InChI=1S/C18H20ClFN2O5/c1-27-13-5-12(7-17(24)25)22(9-13)18(26)10-4-16(23)21(8-10)11-2-3-14(19)15(20)6-11/h2-3,6,10,12-13H,4-5,7-9H2,1H3,(H,24,25). The van der Waals surface area contributed by atoms with E-state index in [-0.39, 0.29) is 42.3 Å². The molecular weight excluding hydrogens is 379 g/mol. The maximum absolute atomic E-state index is 13.7. The van der Waals surface area contributed by atoms with Gasteiger partial charge in [0.15, 0.2) is 0 Å². The molecule has 0 saturated carbocycles. The zero-order valence-corrected chi connectivity index (χ0v) is 15.5. The van der Waals surface area contributed by atoms with E-state index in [4.69, 9.17) is 21.4 Å². The van der Waals surface area contributed by atoms with Gasteiger partial charge in [0.2, 0.25) is 11.8 Å². The van der Waals surface area contributed by atoms with Crippen molar-refractivity contribution >= 4 is 35.1 Å². The molecule has 7 nitrogen and oxygen atoms in total. The number of ether oxygens (including phenoxy) is 1. The lowest BCUT2D eigenvalue weighted by Gasteiger charge is -2.26. The third kappa shape index (κ3) is 4.06. The van der Waals surface area contributed by atoms with Gasteiger partial charge in [-0.15, -0.1) is 0 Å². The van der Waals surface area contributed by atoms with Crippen LogP contribution >= 0.6 is 11.6 Å². The van der Waals surface area contributed by atoms with Crippen LogP contribution in [0.4, 0.5) is 10.1 Å². The molecule has 27 heavy (non-hydrogen) atoms. The third-order valence-corrected chi connectivity index (χ3v) is 5.40. The SMILES string of the molecule is COC1CC(CC(=O)O)N(C(=O)C2CC(=O)N(c3ccc(Cl)c(F)c3)C2)C1. The second-order valence-corrected chi connectivity index (χ2v) is 7.25. The minimum Gasteiger partial charge on any atom is -0.481 e. The Hall–Kier alpha value is -2.19. The van der Waals surface area contributed by atoms with Gasteiger partial charge in [0.25, 0.3) is 0 Å². The fourth-order valence-corrected chi connectivity index (χ4v) is 3.84. The molecule has 2 amide bonds. The molecule has 1 aromatic carbocycles. The molecule has 2 heterocycles. The van der Waals surface area contributed by atoms with Crippen molar-refractivity contribution in [2.75, 3.05) is 25.1 Å². The van der Waals surface area contributed by atoms with Crippen LogP contribution in [0.2, 0.25) is 5.02 Å². The number of hydrogen-bond donors (Lipinski definition) is 1. The van der Waals surface area contributed by atoms with Gasteiger partial charge in [-0.05, 0) is 24.6 Å². The van der Waals surface area contributed by atoms with Gasteiger partial charge in [-0.25, -0.2) is 4.39 Å². The maximum Gasteiger partial charge on any atom is 0.305 e. The number of carbonyl (C=O) groups excluding carboxylic acids is 2. The Balaban J connectivity index is 1.74. The summed E-state index contributed by atoms with van der Waals surface area (Å²) in [5.41, 5.74) is 0.343. The number of carbonyl (C=O) groups is 3.